The minimum Gasteiger partial charge on any atom is -0.450 e. The van der Waals surface area contributed by atoms with Crippen LogP contribution in [-0.2, 0) is 4.74 Å². The fourth-order valence-corrected chi connectivity index (χ4v) is 5.63. The lowest BCUT2D eigenvalue weighted by Gasteiger charge is -2.04. The predicted octanol–water partition coefficient (Wildman–Crippen LogP) is 13.6. The Morgan fingerprint density at radius 3 is 1.02 bits per heavy atom. The Hall–Kier alpha value is -1.25. The fraction of sp³-hybridized carbons (Fsp3) is 0.872. The first kappa shape index (κ1) is 40.8. The number of carbonyl (C=O) groups is 1. The second-order valence-electron chi connectivity index (χ2n) is 12.6. The van der Waals surface area contributed by atoms with Gasteiger partial charge in [-0.1, -0.05) is 166 Å². The lowest BCUT2D eigenvalue weighted by molar-refractivity contribution is 0.152. The summed E-state index contributed by atoms with van der Waals surface area (Å²) in [4.78, 5) is 11.2. The first-order valence-corrected chi connectivity index (χ1v) is 19.0. The number of alkyl carbamates (subject to hydrolysis) is 1. The van der Waals surface area contributed by atoms with Crippen molar-refractivity contribution in [1.29, 1.82) is 0 Å². The van der Waals surface area contributed by atoms with Crippen molar-refractivity contribution in [3.63, 3.8) is 0 Å². The van der Waals surface area contributed by atoms with Gasteiger partial charge >= 0.3 is 6.09 Å². The molecule has 1 amide bonds. The second kappa shape index (κ2) is 37.8. The number of rotatable bonds is 34. The van der Waals surface area contributed by atoms with Gasteiger partial charge in [0.1, 0.15) is 0 Å². The monoisotopic (exact) mass is 590 g/mol. The van der Waals surface area contributed by atoms with Crippen LogP contribution in [0.3, 0.4) is 0 Å². The maximum Gasteiger partial charge on any atom is 0.407 e. The Kier molecular flexibility index (Phi) is 36.7. The fourth-order valence-electron chi connectivity index (χ4n) is 5.63. The number of carbonyl (C=O) groups excluding carboxylic acids is 1. The maximum atomic E-state index is 11.2. The molecule has 42 heavy (non-hydrogen) atoms. The van der Waals surface area contributed by atoms with Crippen LogP contribution in [-0.4, -0.2) is 19.2 Å². The molecular formula is C39H75NO2. The minimum atomic E-state index is -0.283. The van der Waals surface area contributed by atoms with Crippen molar-refractivity contribution in [2.45, 2.75) is 206 Å². The topological polar surface area (TPSA) is 38.3 Å². The molecule has 0 rings (SSSR count). The number of ether oxygens (including phenoxy) is 1. The molecule has 0 fully saturated rings. The van der Waals surface area contributed by atoms with Crippen LogP contribution >= 0.6 is 0 Å². The molecule has 0 saturated heterocycles. The van der Waals surface area contributed by atoms with Gasteiger partial charge in [-0.2, -0.15) is 0 Å². The van der Waals surface area contributed by atoms with E-state index >= 15 is 0 Å². The van der Waals surface area contributed by atoms with Crippen LogP contribution in [0.15, 0.2) is 24.3 Å². The molecule has 1 N–H and O–H groups in total. The quantitative estimate of drug-likeness (QED) is 0.0599. The minimum absolute atomic E-state index is 0.283. The van der Waals surface area contributed by atoms with Crippen LogP contribution in [0.2, 0.25) is 0 Å². The molecule has 0 aliphatic rings. The lowest BCUT2D eigenvalue weighted by atomic mass is 10.0. The summed E-state index contributed by atoms with van der Waals surface area (Å²) in [7, 11) is 0. The maximum absolute atomic E-state index is 11.2. The average molecular weight is 590 g/mol. The van der Waals surface area contributed by atoms with E-state index in [9.17, 15) is 4.79 Å². The summed E-state index contributed by atoms with van der Waals surface area (Å²) in [6.07, 6.45) is 50.5. The zero-order valence-corrected chi connectivity index (χ0v) is 28.8. The molecule has 0 aliphatic carbocycles. The molecule has 0 aromatic carbocycles. The Bertz CT molecular complexity index is 571. The van der Waals surface area contributed by atoms with Crippen molar-refractivity contribution in [2.75, 3.05) is 13.2 Å². The van der Waals surface area contributed by atoms with Crippen molar-refractivity contribution in [3.8, 4) is 0 Å². The van der Waals surface area contributed by atoms with E-state index in [-0.39, 0.29) is 6.09 Å². The summed E-state index contributed by atoms with van der Waals surface area (Å²) in [6.45, 7) is 5.30. The molecule has 0 aliphatic heterocycles. The highest BCUT2D eigenvalue weighted by Gasteiger charge is 1.98. The highest BCUT2D eigenvalue weighted by Crippen LogP contribution is 2.15. The van der Waals surface area contributed by atoms with E-state index < -0.39 is 0 Å². The van der Waals surface area contributed by atoms with E-state index in [1.165, 1.54) is 186 Å². The average Bonchev–Trinajstić information content (AvgIpc) is 2.99. The molecule has 0 radical (unpaired) electrons. The zero-order valence-electron chi connectivity index (χ0n) is 28.8. The molecule has 0 saturated carbocycles. The van der Waals surface area contributed by atoms with Crippen molar-refractivity contribution < 1.29 is 9.53 Å². The van der Waals surface area contributed by atoms with Crippen molar-refractivity contribution in [1.82, 2.24) is 5.32 Å². The Morgan fingerprint density at radius 1 is 0.429 bits per heavy atom. The first-order chi connectivity index (χ1) is 20.8. The van der Waals surface area contributed by atoms with Crippen molar-refractivity contribution in [2.24, 2.45) is 0 Å². The van der Waals surface area contributed by atoms with Gasteiger partial charge < -0.3 is 10.1 Å². The normalized spacial score (nSPS) is 11.7. The van der Waals surface area contributed by atoms with E-state index in [2.05, 4.69) is 36.5 Å². The number of amides is 1. The van der Waals surface area contributed by atoms with Crippen LogP contribution < -0.4 is 5.32 Å². The molecule has 0 bridgehead atoms. The standard InChI is InChI=1S/C39H75NO2/c1-3-5-6-7-8-9-10-11-12-13-14-15-16-17-18-19-20-21-22-23-24-25-26-27-28-29-30-31-32-33-34-35-36-37-38-40-39(41)42-4-2/h11-12,29-30H,3-10,13-28,31-38H2,1-2H3,(H,40,41). The SMILES string of the molecule is CCCCCCCCC=CCCCCCCCCCCCCCCCCC=CCCCCCCCCNC(=O)OCC. The summed E-state index contributed by atoms with van der Waals surface area (Å²) >= 11 is 0. The third-order valence-corrected chi connectivity index (χ3v) is 8.39. The number of unbranched alkanes of at least 4 members (excludes halogenated alkanes) is 27. The molecule has 0 aromatic heterocycles. The second-order valence-corrected chi connectivity index (χ2v) is 12.6. The molecule has 3 nitrogen and oxygen atoms in total. The first-order valence-electron chi connectivity index (χ1n) is 19.0. The zero-order chi connectivity index (χ0) is 30.4. The summed E-state index contributed by atoms with van der Waals surface area (Å²) in [5, 5.41) is 2.79. The largest absolute Gasteiger partial charge is 0.450 e. The Labute approximate surface area is 264 Å². The molecule has 0 heterocycles. The van der Waals surface area contributed by atoms with Crippen LogP contribution in [0.25, 0.3) is 0 Å². The van der Waals surface area contributed by atoms with Crippen LogP contribution in [0, 0.1) is 0 Å². The van der Waals surface area contributed by atoms with Gasteiger partial charge in [-0.3, -0.25) is 0 Å². The van der Waals surface area contributed by atoms with E-state index in [1.54, 1.807) is 0 Å². The van der Waals surface area contributed by atoms with Crippen LogP contribution in [0.5, 0.6) is 0 Å². The van der Waals surface area contributed by atoms with E-state index in [1.807, 2.05) is 6.92 Å². The summed E-state index contributed by atoms with van der Waals surface area (Å²) < 4.78 is 4.86. The highest BCUT2D eigenvalue weighted by atomic mass is 16.5. The van der Waals surface area contributed by atoms with Gasteiger partial charge in [-0.15, -0.1) is 0 Å². The van der Waals surface area contributed by atoms with Gasteiger partial charge in [-0.05, 0) is 64.7 Å². The van der Waals surface area contributed by atoms with Gasteiger partial charge in [0.15, 0.2) is 0 Å². The Morgan fingerprint density at radius 2 is 0.714 bits per heavy atom. The molecule has 0 aromatic rings. The third-order valence-electron chi connectivity index (χ3n) is 8.39. The summed E-state index contributed by atoms with van der Waals surface area (Å²) in [6, 6.07) is 0. The van der Waals surface area contributed by atoms with E-state index in [0.29, 0.717) is 6.61 Å². The molecule has 248 valence electrons. The van der Waals surface area contributed by atoms with Gasteiger partial charge in [0.05, 0.1) is 6.61 Å². The summed E-state index contributed by atoms with van der Waals surface area (Å²) in [5.41, 5.74) is 0. The lowest BCUT2D eigenvalue weighted by Crippen LogP contribution is -2.25. The number of allylic oxidation sites excluding steroid dienone is 4. The predicted molar refractivity (Wildman–Crippen MR) is 187 cm³/mol. The molecule has 0 atom stereocenters. The van der Waals surface area contributed by atoms with Gasteiger partial charge in [0, 0.05) is 6.54 Å². The number of nitrogens with one attached hydrogen (secondary N) is 1. The van der Waals surface area contributed by atoms with Crippen LogP contribution in [0.4, 0.5) is 4.79 Å². The van der Waals surface area contributed by atoms with Crippen molar-refractivity contribution >= 4 is 6.09 Å². The van der Waals surface area contributed by atoms with Gasteiger partial charge in [0.2, 0.25) is 0 Å². The smallest absolute Gasteiger partial charge is 0.407 e. The molecule has 0 unspecified atom stereocenters. The number of hydrogen-bond acceptors (Lipinski definition) is 2. The molecule has 3 heteroatoms. The highest BCUT2D eigenvalue weighted by molar-refractivity contribution is 5.66. The van der Waals surface area contributed by atoms with E-state index in [4.69, 9.17) is 4.74 Å². The van der Waals surface area contributed by atoms with Crippen molar-refractivity contribution in [3.05, 3.63) is 24.3 Å². The van der Waals surface area contributed by atoms with Gasteiger partial charge in [0.25, 0.3) is 0 Å². The van der Waals surface area contributed by atoms with Gasteiger partial charge in [-0.25, -0.2) is 4.79 Å². The van der Waals surface area contributed by atoms with E-state index in [0.717, 1.165) is 13.0 Å². The Balaban J connectivity index is 3.14. The molecular weight excluding hydrogens is 514 g/mol. The molecule has 0 spiro atoms. The number of hydrogen-bond donors (Lipinski definition) is 1. The third kappa shape index (κ3) is 36.8. The summed E-state index contributed by atoms with van der Waals surface area (Å²) in [5.74, 6) is 0. The van der Waals surface area contributed by atoms with Crippen LogP contribution in [0.1, 0.15) is 206 Å².